The van der Waals surface area contributed by atoms with Crippen LogP contribution in [0.2, 0.25) is 5.02 Å². The van der Waals surface area contributed by atoms with Crippen LogP contribution in [-0.2, 0) is 11.2 Å². The molecule has 0 unspecified atom stereocenters. The third-order valence-corrected chi connectivity index (χ3v) is 3.07. The van der Waals surface area contributed by atoms with Crippen LogP contribution in [0.4, 0.5) is 5.69 Å². The van der Waals surface area contributed by atoms with E-state index in [0.29, 0.717) is 22.9 Å². The normalized spacial score (nSPS) is 10.2. The number of aliphatic hydroxyl groups is 1. The number of aliphatic hydroxyl groups excluding tert-OH is 1. The molecule has 2 N–H and O–H groups in total. The Morgan fingerprint density at radius 1 is 1.10 bits per heavy atom. The number of ether oxygens (including phenoxy) is 1. The monoisotopic (exact) mass is 305 g/mol. The van der Waals surface area contributed by atoms with E-state index in [0.717, 1.165) is 5.56 Å². The summed E-state index contributed by atoms with van der Waals surface area (Å²) in [5, 5.41) is 12.2. The van der Waals surface area contributed by atoms with E-state index in [2.05, 4.69) is 5.32 Å². The third-order valence-electron chi connectivity index (χ3n) is 2.82. The Morgan fingerprint density at radius 3 is 2.38 bits per heavy atom. The number of hydrogen-bond acceptors (Lipinski definition) is 3. The van der Waals surface area contributed by atoms with Gasteiger partial charge in [0.15, 0.2) is 6.61 Å². The molecule has 0 radical (unpaired) electrons. The zero-order valence-electron chi connectivity index (χ0n) is 11.4. The number of carbonyl (C=O) groups is 1. The SMILES string of the molecule is O=C(COc1ccc(Cl)cc1)Nc1ccc(CCO)cc1. The predicted molar refractivity (Wildman–Crippen MR) is 82.8 cm³/mol. The maximum absolute atomic E-state index is 11.8. The zero-order valence-corrected chi connectivity index (χ0v) is 12.1. The summed E-state index contributed by atoms with van der Waals surface area (Å²) in [7, 11) is 0. The van der Waals surface area contributed by atoms with Crippen molar-refractivity contribution < 1.29 is 14.6 Å². The van der Waals surface area contributed by atoms with E-state index in [1.807, 2.05) is 12.1 Å². The highest BCUT2D eigenvalue weighted by molar-refractivity contribution is 6.30. The Morgan fingerprint density at radius 2 is 1.76 bits per heavy atom. The maximum atomic E-state index is 11.8. The van der Waals surface area contributed by atoms with Gasteiger partial charge in [0.25, 0.3) is 5.91 Å². The van der Waals surface area contributed by atoms with Crippen molar-refractivity contribution in [3.8, 4) is 5.75 Å². The van der Waals surface area contributed by atoms with Crippen LogP contribution in [0.3, 0.4) is 0 Å². The van der Waals surface area contributed by atoms with Gasteiger partial charge in [0.2, 0.25) is 0 Å². The molecule has 0 bridgehead atoms. The first-order valence-electron chi connectivity index (χ1n) is 6.55. The fourth-order valence-electron chi connectivity index (χ4n) is 1.76. The van der Waals surface area contributed by atoms with Crippen LogP contribution in [0.15, 0.2) is 48.5 Å². The minimum atomic E-state index is -0.236. The molecule has 1 amide bonds. The number of halogens is 1. The van der Waals surface area contributed by atoms with E-state index in [1.165, 1.54) is 0 Å². The fourth-order valence-corrected chi connectivity index (χ4v) is 1.89. The van der Waals surface area contributed by atoms with Gasteiger partial charge in [-0.25, -0.2) is 0 Å². The molecule has 0 aliphatic rings. The first-order valence-corrected chi connectivity index (χ1v) is 6.93. The molecule has 0 heterocycles. The molecule has 0 saturated carbocycles. The molecular weight excluding hydrogens is 290 g/mol. The molecule has 0 atom stereocenters. The molecule has 0 aliphatic heterocycles. The fraction of sp³-hybridized carbons (Fsp3) is 0.188. The molecule has 0 saturated heterocycles. The van der Waals surface area contributed by atoms with Crippen LogP contribution >= 0.6 is 11.6 Å². The summed E-state index contributed by atoms with van der Waals surface area (Å²) in [6.45, 7) is 0.0423. The Labute approximate surface area is 128 Å². The molecule has 0 spiro atoms. The third kappa shape index (κ3) is 5.10. The Balaban J connectivity index is 1.82. The number of carbonyl (C=O) groups excluding carboxylic acids is 1. The van der Waals surface area contributed by atoms with Crippen LogP contribution in [-0.4, -0.2) is 24.2 Å². The first kappa shape index (κ1) is 15.4. The number of amides is 1. The largest absolute Gasteiger partial charge is 0.484 e. The van der Waals surface area contributed by atoms with Crippen molar-refractivity contribution in [3.05, 3.63) is 59.1 Å². The van der Waals surface area contributed by atoms with Gasteiger partial charge in [-0.3, -0.25) is 4.79 Å². The van der Waals surface area contributed by atoms with Crippen LogP contribution in [0.5, 0.6) is 5.75 Å². The lowest BCUT2D eigenvalue weighted by molar-refractivity contribution is -0.118. The average molecular weight is 306 g/mol. The van der Waals surface area contributed by atoms with Gasteiger partial charge < -0.3 is 15.2 Å². The molecule has 2 aromatic rings. The van der Waals surface area contributed by atoms with Crippen LogP contribution in [0.25, 0.3) is 0 Å². The average Bonchev–Trinajstić information content (AvgIpc) is 2.49. The zero-order chi connectivity index (χ0) is 15.1. The van der Waals surface area contributed by atoms with Gasteiger partial charge in [-0.05, 0) is 48.4 Å². The second kappa shape index (κ2) is 7.67. The van der Waals surface area contributed by atoms with E-state index in [9.17, 15) is 4.79 Å². The highest BCUT2D eigenvalue weighted by Gasteiger charge is 2.04. The maximum Gasteiger partial charge on any atom is 0.262 e. The van der Waals surface area contributed by atoms with Crippen LogP contribution in [0, 0.1) is 0 Å². The van der Waals surface area contributed by atoms with Crippen LogP contribution < -0.4 is 10.1 Å². The van der Waals surface area contributed by atoms with Gasteiger partial charge in [0.05, 0.1) is 0 Å². The summed E-state index contributed by atoms with van der Waals surface area (Å²) >= 11 is 5.77. The number of nitrogens with one attached hydrogen (secondary N) is 1. The first-order chi connectivity index (χ1) is 10.2. The van der Waals surface area contributed by atoms with Crippen molar-refractivity contribution in [3.63, 3.8) is 0 Å². The summed E-state index contributed by atoms with van der Waals surface area (Å²) in [5.74, 6) is 0.354. The molecular formula is C16H16ClNO3. The van der Waals surface area contributed by atoms with E-state index < -0.39 is 0 Å². The molecule has 0 aliphatic carbocycles. The minimum absolute atomic E-state index is 0.0694. The highest BCUT2D eigenvalue weighted by atomic mass is 35.5. The number of rotatable bonds is 6. The Kier molecular flexibility index (Phi) is 5.60. The van der Waals surface area contributed by atoms with Gasteiger partial charge >= 0.3 is 0 Å². The highest BCUT2D eigenvalue weighted by Crippen LogP contribution is 2.15. The van der Waals surface area contributed by atoms with Crippen molar-refractivity contribution in [2.75, 3.05) is 18.5 Å². The van der Waals surface area contributed by atoms with Crippen molar-refractivity contribution in [1.82, 2.24) is 0 Å². The van der Waals surface area contributed by atoms with Gasteiger partial charge in [-0.1, -0.05) is 23.7 Å². The summed E-state index contributed by atoms with van der Waals surface area (Å²) in [6.07, 6.45) is 0.605. The molecule has 0 aromatic heterocycles. The molecule has 4 nitrogen and oxygen atoms in total. The van der Waals surface area contributed by atoms with Gasteiger partial charge in [-0.15, -0.1) is 0 Å². The van der Waals surface area contributed by atoms with Gasteiger partial charge in [0, 0.05) is 17.3 Å². The number of anilines is 1. The van der Waals surface area contributed by atoms with E-state index >= 15 is 0 Å². The van der Waals surface area contributed by atoms with E-state index in [-0.39, 0.29) is 19.1 Å². The van der Waals surface area contributed by atoms with Gasteiger partial charge in [-0.2, -0.15) is 0 Å². The topological polar surface area (TPSA) is 58.6 Å². The van der Waals surface area contributed by atoms with Crippen molar-refractivity contribution in [1.29, 1.82) is 0 Å². The summed E-state index contributed by atoms with van der Waals surface area (Å²) in [4.78, 5) is 11.8. The van der Waals surface area contributed by atoms with Gasteiger partial charge in [0.1, 0.15) is 5.75 Å². The lowest BCUT2D eigenvalue weighted by Crippen LogP contribution is -2.20. The molecule has 2 rings (SSSR count). The smallest absolute Gasteiger partial charge is 0.262 e. The molecule has 21 heavy (non-hydrogen) atoms. The molecule has 110 valence electrons. The van der Waals surface area contributed by atoms with E-state index in [1.54, 1.807) is 36.4 Å². The second-order valence-electron chi connectivity index (χ2n) is 4.46. The molecule has 2 aromatic carbocycles. The van der Waals surface area contributed by atoms with Crippen LogP contribution in [0.1, 0.15) is 5.56 Å². The minimum Gasteiger partial charge on any atom is -0.484 e. The van der Waals surface area contributed by atoms with Crippen molar-refractivity contribution in [2.24, 2.45) is 0 Å². The summed E-state index contributed by atoms with van der Waals surface area (Å²) in [5.41, 5.74) is 1.72. The Bertz CT molecular complexity index is 581. The molecule has 0 fully saturated rings. The number of hydrogen-bond donors (Lipinski definition) is 2. The molecule has 5 heteroatoms. The second-order valence-corrected chi connectivity index (χ2v) is 4.90. The summed E-state index contributed by atoms with van der Waals surface area (Å²) in [6, 6.07) is 14.1. The lowest BCUT2D eigenvalue weighted by Gasteiger charge is -2.08. The van der Waals surface area contributed by atoms with Crippen molar-refractivity contribution in [2.45, 2.75) is 6.42 Å². The quantitative estimate of drug-likeness (QED) is 0.863. The van der Waals surface area contributed by atoms with E-state index in [4.69, 9.17) is 21.4 Å². The lowest BCUT2D eigenvalue weighted by atomic mass is 10.1. The van der Waals surface area contributed by atoms with Crippen molar-refractivity contribution >= 4 is 23.2 Å². The standard InChI is InChI=1S/C16H16ClNO3/c17-13-3-7-15(8-4-13)21-11-16(20)18-14-5-1-12(2-6-14)9-10-19/h1-8,19H,9-11H2,(H,18,20). The Hall–Kier alpha value is -2.04. The number of benzene rings is 2. The predicted octanol–water partition coefficient (Wildman–Crippen LogP) is 2.89. The summed E-state index contributed by atoms with van der Waals surface area (Å²) < 4.78 is 5.35.